The number of benzene rings is 1. The summed E-state index contributed by atoms with van der Waals surface area (Å²) in [6, 6.07) is 8.43. The van der Waals surface area contributed by atoms with Crippen LogP contribution in [0.1, 0.15) is 51.0 Å². The largest absolute Gasteiger partial charge is 0.491 e. The van der Waals surface area contributed by atoms with Gasteiger partial charge in [0.25, 0.3) is 0 Å². The summed E-state index contributed by atoms with van der Waals surface area (Å²) >= 11 is 0. The Kier molecular flexibility index (Phi) is 27.2. The highest BCUT2D eigenvalue weighted by molar-refractivity contribution is 5.27. The van der Waals surface area contributed by atoms with Crippen molar-refractivity contribution in [2.75, 3.05) is 106 Å². The van der Waals surface area contributed by atoms with Gasteiger partial charge in [0.2, 0.25) is 0 Å². The minimum absolute atomic E-state index is 0.0319. The summed E-state index contributed by atoms with van der Waals surface area (Å²) in [7, 11) is 0. The first kappa shape index (κ1) is 35.7. The highest BCUT2D eigenvalue weighted by Crippen LogP contribution is 2.15. The molecule has 0 aromatic heterocycles. The maximum Gasteiger partial charge on any atom is 0.119 e. The van der Waals surface area contributed by atoms with Gasteiger partial charge in [0.05, 0.1) is 99.1 Å². The Bertz CT molecular complexity index is 601. The van der Waals surface area contributed by atoms with Crippen LogP contribution in [0.3, 0.4) is 0 Å². The molecule has 0 bridgehead atoms. The molecule has 9 nitrogen and oxygen atoms in total. The first-order chi connectivity index (χ1) is 19.4. The third-order valence-corrected chi connectivity index (χ3v) is 5.71. The van der Waals surface area contributed by atoms with Crippen LogP contribution in [0.2, 0.25) is 0 Å². The van der Waals surface area contributed by atoms with E-state index in [2.05, 4.69) is 19.1 Å². The summed E-state index contributed by atoms with van der Waals surface area (Å²) in [5, 5.41) is 8.57. The Morgan fingerprint density at radius 3 is 1.28 bits per heavy atom. The van der Waals surface area contributed by atoms with E-state index in [4.69, 9.17) is 43.0 Å². The Labute approximate surface area is 236 Å². The van der Waals surface area contributed by atoms with E-state index in [9.17, 15) is 0 Å². The van der Waals surface area contributed by atoms with E-state index in [-0.39, 0.29) is 6.61 Å². The number of hydrogen-bond donors (Lipinski definition) is 1. The molecule has 1 rings (SSSR count). The average Bonchev–Trinajstić information content (AvgIpc) is 2.96. The Morgan fingerprint density at radius 2 is 0.846 bits per heavy atom. The molecular formula is C30H54O9. The molecule has 0 radical (unpaired) electrons. The molecule has 1 aromatic carbocycles. The SMILES string of the molecule is CCCCCCCCc1ccc(OCCOCCOCCOCCOCCOCCOCCOCCO)cc1. The lowest BCUT2D eigenvalue weighted by Gasteiger charge is -2.09. The third kappa shape index (κ3) is 25.4. The zero-order valence-electron chi connectivity index (χ0n) is 24.3. The van der Waals surface area contributed by atoms with E-state index in [0.717, 1.165) is 12.2 Å². The van der Waals surface area contributed by atoms with Crippen molar-refractivity contribution < 1.29 is 43.0 Å². The second-order valence-corrected chi connectivity index (χ2v) is 9.02. The molecule has 0 spiro atoms. The summed E-state index contributed by atoms with van der Waals surface area (Å²) in [6.07, 6.45) is 9.11. The Morgan fingerprint density at radius 1 is 0.462 bits per heavy atom. The van der Waals surface area contributed by atoms with Gasteiger partial charge in [-0.25, -0.2) is 0 Å². The third-order valence-electron chi connectivity index (χ3n) is 5.71. The minimum atomic E-state index is 0.0319. The van der Waals surface area contributed by atoms with Crippen LogP contribution in [0.25, 0.3) is 0 Å². The molecule has 0 saturated carbocycles. The molecule has 0 atom stereocenters. The van der Waals surface area contributed by atoms with Gasteiger partial charge in [-0.15, -0.1) is 0 Å². The zero-order valence-corrected chi connectivity index (χ0v) is 24.3. The fraction of sp³-hybridized carbons (Fsp3) is 0.800. The number of aliphatic hydroxyl groups excluding tert-OH is 1. The second-order valence-electron chi connectivity index (χ2n) is 9.02. The standard InChI is InChI=1S/C30H54O9/c1-2-3-4-5-6-7-8-29-9-11-30(12-10-29)39-28-27-38-26-25-37-24-23-36-22-21-35-20-19-34-18-17-33-16-15-32-14-13-31/h9-12,31H,2-8,13-28H2,1H3. The quantitative estimate of drug-likeness (QED) is 0.135. The van der Waals surface area contributed by atoms with Gasteiger partial charge >= 0.3 is 0 Å². The van der Waals surface area contributed by atoms with Crippen LogP contribution >= 0.6 is 0 Å². The lowest BCUT2D eigenvalue weighted by molar-refractivity contribution is -0.0221. The molecule has 39 heavy (non-hydrogen) atoms. The van der Waals surface area contributed by atoms with Gasteiger partial charge < -0.3 is 43.0 Å². The van der Waals surface area contributed by atoms with Crippen molar-refractivity contribution in [2.24, 2.45) is 0 Å². The average molecular weight is 559 g/mol. The van der Waals surface area contributed by atoms with E-state index in [0.29, 0.717) is 99.1 Å². The lowest BCUT2D eigenvalue weighted by Crippen LogP contribution is -2.15. The molecule has 1 aromatic rings. The molecule has 9 heteroatoms. The summed E-state index contributed by atoms with van der Waals surface area (Å²) in [6.45, 7) is 9.89. The normalized spacial score (nSPS) is 11.3. The Hall–Kier alpha value is -1.30. The smallest absolute Gasteiger partial charge is 0.119 e. The molecule has 0 amide bonds. The number of ether oxygens (including phenoxy) is 8. The predicted octanol–water partition coefficient (Wildman–Crippen LogP) is 4.08. The van der Waals surface area contributed by atoms with Crippen LogP contribution in [-0.4, -0.2) is 111 Å². The highest BCUT2D eigenvalue weighted by Gasteiger charge is 1.98. The van der Waals surface area contributed by atoms with Crippen LogP contribution in [0.5, 0.6) is 5.75 Å². The van der Waals surface area contributed by atoms with Gasteiger partial charge in [0.15, 0.2) is 0 Å². The van der Waals surface area contributed by atoms with Gasteiger partial charge in [-0.05, 0) is 30.5 Å². The Balaban J connectivity index is 1.75. The van der Waals surface area contributed by atoms with Gasteiger partial charge in [0, 0.05) is 0 Å². The highest BCUT2D eigenvalue weighted by atomic mass is 16.6. The molecule has 0 unspecified atom stereocenters. The molecule has 0 aliphatic carbocycles. The molecule has 0 aliphatic rings. The number of hydrogen-bond acceptors (Lipinski definition) is 9. The zero-order chi connectivity index (χ0) is 27.9. The van der Waals surface area contributed by atoms with Crippen LogP contribution in [0.4, 0.5) is 0 Å². The van der Waals surface area contributed by atoms with Crippen molar-refractivity contribution in [3.63, 3.8) is 0 Å². The van der Waals surface area contributed by atoms with E-state index >= 15 is 0 Å². The summed E-state index contributed by atoms with van der Waals surface area (Å²) in [5.74, 6) is 0.887. The molecule has 0 aliphatic heterocycles. The van der Waals surface area contributed by atoms with Crippen LogP contribution in [0, 0.1) is 0 Å². The van der Waals surface area contributed by atoms with Gasteiger partial charge in [-0.2, -0.15) is 0 Å². The number of unbranched alkanes of at least 4 members (excludes halogenated alkanes) is 5. The summed E-state index contributed by atoms with van der Waals surface area (Å²) < 4.78 is 43.6. The topological polar surface area (TPSA) is 94.1 Å². The van der Waals surface area contributed by atoms with Crippen molar-refractivity contribution in [1.29, 1.82) is 0 Å². The van der Waals surface area contributed by atoms with Crippen LogP contribution < -0.4 is 4.74 Å². The van der Waals surface area contributed by atoms with Crippen molar-refractivity contribution in [3.8, 4) is 5.75 Å². The van der Waals surface area contributed by atoms with E-state index in [1.165, 1.54) is 44.1 Å². The van der Waals surface area contributed by atoms with Crippen LogP contribution in [0.15, 0.2) is 24.3 Å². The van der Waals surface area contributed by atoms with E-state index < -0.39 is 0 Å². The monoisotopic (exact) mass is 558 g/mol. The molecule has 0 saturated heterocycles. The molecule has 1 N–H and O–H groups in total. The van der Waals surface area contributed by atoms with Gasteiger partial charge in [-0.3, -0.25) is 0 Å². The summed E-state index contributed by atoms with van der Waals surface area (Å²) in [5.41, 5.74) is 1.38. The van der Waals surface area contributed by atoms with Crippen molar-refractivity contribution >= 4 is 0 Å². The maximum absolute atomic E-state index is 8.57. The minimum Gasteiger partial charge on any atom is -0.491 e. The van der Waals surface area contributed by atoms with Crippen molar-refractivity contribution in [3.05, 3.63) is 29.8 Å². The number of aryl methyl sites for hydroxylation is 1. The number of rotatable bonds is 31. The fourth-order valence-electron chi connectivity index (χ4n) is 3.57. The van der Waals surface area contributed by atoms with E-state index in [1.54, 1.807) is 0 Å². The summed E-state index contributed by atoms with van der Waals surface area (Å²) in [4.78, 5) is 0. The van der Waals surface area contributed by atoms with Crippen molar-refractivity contribution in [2.45, 2.75) is 51.9 Å². The second kappa shape index (κ2) is 29.7. The predicted molar refractivity (Wildman–Crippen MR) is 152 cm³/mol. The molecule has 228 valence electrons. The maximum atomic E-state index is 8.57. The first-order valence-electron chi connectivity index (χ1n) is 14.7. The lowest BCUT2D eigenvalue weighted by atomic mass is 10.0. The van der Waals surface area contributed by atoms with Crippen LogP contribution in [-0.2, 0) is 39.6 Å². The fourth-order valence-corrected chi connectivity index (χ4v) is 3.57. The van der Waals surface area contributed by atoms with E-state index in [1.807, 2.05) is 12.1 Å². The molecular weight excluding hydrogens is 504 g/mol. The van der Waals surface area contributed by atoms with Crippen molar-refractivity contribution in [1.82, 2.24) is 0 Å². The first-order valence-corrected chi connectivity index (χ1v) is 14.7. The van der Waals surface area contributed by atoms with Gasteiger partial charge in [-0.1, -0.05) is 51.2 Å². The number of aliphatic hydroxyl groups is 1. The van der Waals surface area contributed by atoms with Gasteiger partial charge in [0.1, 0.15) is 12.4 Å². The molecule has 0 fully saturated rings. The molecule has 0 heterocycles.